The van der Waals surface area contributed by atoms with Gasteiger partial charge in [-0.25, -0.2) is 13.1 Å². The highest BCUT2D eigenvalue weighted by Crippen LogP contribution is 2.17. The Kier molecular flexibility index (Phi) is 5.34. The molecule has 4 nitrogen and oxygen atoms in total. The van der Waals surface area contributed by atoms with Crippen LogP contribution in [0.1, 0.15) is 16.7 Å². The average Bonchev–Trinajstić information content (AvgIpc) is 2.49. The molecule has 0 amide bonds. The van der Waals surface area contributed by atoms with Crippen LogP contribution in [0, 0.1) is 13.8 Å². The number of benzene rings is 2. The molecule has 2 aromatic rings. The zero-order chi connectivity index (χ0) is 16.2. The van der Waals surface area contributed by atoms with Gasteiger partial charge in [-0.05, 0) is 43.0 Å². The van der Waals surface area contributed by atoms with Crippen molar-refractivity contribution in [1.29, 1.82) is 0 Å². The molecule has 0 fully saturated rings. The summed E-state index contributed by atoms with van der Waals surface area (Å²) in [6.07, 6.45) is 0.446. The molecular weight excluding hydrogens is 298 g/mol. The Morgan fingerprint density at radius 1 is 1.09 bits per heavy atom. The maximum Gasteiger partial charge on any atom is 0.241 e. The Balaban J connectivity index is 2.20. The highest BCUT2D eigenvalue weighted by molar-refractivity contribution is 7.89. The fourth-order valence-electron chi connectivity index (χ4n) is 2.32. The summed E-state index contributed by atoms with van der Waals surface area (Å²) in [5.41, 5.74) is 2.55. The van der Waals surface area contributed by atoms with Gasteiger partial charge in [-0.15, -0.1) is 0 Å². The minimum absolute atomic E-state index is 0.251. The predicted octanol–water partition coefficient (Wildman–Crippen LogP) is 2.19. The molecule has 2 N–H and O–H groups in total. The summed E-state index contributed by atoms with van der Waals surface area (Å²) in [6.45, 7) is 3.37. The molecule has 0 aliphatic heterocycles. The van der Waals surface area contributed by atoms with Crippen molar-refractivity contribution in [2.75, 3.05) is 6.61 Å². The molecule has 0 saturated carbocycles. The Morgan fingerprint density at radius 3 is 2.41 bits per heavy atom. The highest BCUT2D eigenvalue weighted by Gasteiger charge is 2.21. The van der Waals surface area contributed by atoms with Crippen LogP contribution in [-0.4, -0.2) is 26.2 Å². The Bertz CT molecular complexity index is 727. The van der Waals surface area contributed by atoms with Crippen LogP contribution in [0.5, 0.6) is 0 Å². The van der Waals surface area contributed by atoms with Gasteiger partial charge >= 0.3 is 0 Å². The lowest BCUT2D eigenvalue weighted by atomic mass is 10.1. The molecule has 0 aliphatic carbocycles. The number of nitrogens with one attached hydrogen (secondary N) is 1. The zero-order valence-electron chi connectivity index (χ0n) is 12.8. The second-order valence-electron chi connectivity index (χ2n) is 5.46. The molecule has 5 heteroatoms. The molecule has 0 heterocycles. The number of rotatable bonds is 6. The van der Waals surface area contributed by atoms with Crippen molar-refractivity contribution in [2.24, 2.45) is 0 Å². The van der Waals surface area contributed by atoms with Crippen molar-refractivity contribution in [3.05, 3.63) is 65.2 Å². The lowest BCUT2D eigenvalue weighted by molar-refractivity contribution is 0.256. The maximum absolute atomic E-state index is 12.5. The largest absolute Gasteiger partial charge is 0.395 e. The number of aliphatic hydroxyl groups is 1. The van der Waals surface area contributed by atoms with E-state index in [1.54, 1.807) is 19.1 Å². The normalized spacial score (nSPS) is 13.0. The molecule has 0 saturated heterocycles. The van der Waals surface area contributed by atoms with Crippen molar-refractivity contribution >= 4 is 10.0 Å². The van der Waals surface area contributed by atoms with Gasteiger partial charge in [0.1, 0.15) is 0 Å². The first-order chi connectivity index (χ1) is 10.4. The minimum atomic E-state index is -3.65. The van der Waals surface area contributed by atoms with Crippen molar-refractivity contribution in [2.45, 2.75) is 31.2 Å². The first kappa shape index (κ1) is 16.7. The third kappa shape index (κ3) is 4.16. The van der Waals surface area contributed by atoms with Crippen molar-refractivity contribution < 1.29 is 13.5 Å². The summed E-state index contributed by atoms with van der Waals surface area (Å²) in [4.78, 5) is 0.263. The number of sulfonamides is 1. The van der Waals surface area contributed by atoms with E-state index in [1.807, 2.05) is 43.3 Å². The van der Waals surface area contributed by atoms with E-state index in [2.05, 4.69) is 4.72 Å². The molecule has 22 heavy (non-hydrogen) atoms. The van der Waals surface area contributed by atoms with E-state index in [9.17, 15) is 13.5 Å². The second kappa shape index (κ2) is 7.05. The third-order valence-electron chi connectivity index (χ3n) is 3.50. The molecule has 0 aromatic heterocycles. The predicted molar refractivity (Wildman–Crippen MR) is 87.3 cm³/mol. The Labute approximate surface area is 131 Å². The van der Waals surface area contributed by atoms with Crippen LogP contribution in [0.4, 0.5) is 0 Å². The number of hydrogen-bond acceptors (Lipinski definition) is 3. The van der Waals surface area contributed by atoms with Gasteiger partial charge in [0.25, 0.3) is 0 Å². The quantitative estimate of drug-likeness (QED) is 0.858. The lowest BCUT2D eigenvalue weighted by Crippen LogP contribution is -2.39. The molecule has 0 spiro atoms. The van der Waals surface area contributed by atoms with Crippen LogP contribution in [0.25, 0.3) is 0 Å². The first-order valence-electron chi connectivity index (χ1n) is 7.17. The van der Waals surface area contributed by atoms with E-state index in [0.717, 1.165) is 11.1 Å². The molecule has 0 aliphatic rings. The summed E-state index contributed by atoms with van der Waals surface area (Å²) >= 11 is 0. The van der Waals surface area contributed by atoms with Crippen LogP contribution in [0.3, 0.4) is 0 Å². The van der Waals surface area contributed by atoms with Gasteiger partial charge in [0.05, 0.1) is 11.5 Å². The fourth-order valence-corrected chi connectivity index (χ4v) is 3.88. The van der Waals surface area contributed by atoms with Crippen molar-refractivity contribution in [1.82, 2.24) is 4.72 Å². The Hall–Kier alpha value is -1.69. The fraction of sp³-hybridized carbons (Fsp3) is 0.294. The van der Waals surface area contributed by atoms with Gasteiger partial charge in [0.15, 0.2) is 0 Å². The SMILES string of the molecule is Cc1ccc(C)c(S(=O)(=O)NC(CO)Cc2ccccc2)c1. The van der Waals surface area contributed by atoms with Gasteiger partial charge in [-0.2, -0.15) is 0 Å². The molecular formula is C17H21NO3S. The van der Waals surface area contributed by atoms with Crippen LogP contribution in [-0.2, 0) is 16.4 Å². The third-order valence-corrected chi connectivity index (χ3v) is 5.16. The van der Waals surface area contributed by atoms with Gasteiger partial charge in [-0.3, -0.25) is 0 Å². The topological polar surface area (TPSA) is 66.4 Å². The maximum atomic E-state index is 12.5. The smallest absolute Gasteiger partial charge is 0.241 e. The molecule has 2 aromatic carbocycles. The van der Waals surface area contributed by atoms with E-state index in [-0.39, 0.29) is 11.5 Å². The van der Waals surface area contributed by atoms with E-state index in [1.165, 1.54) is 0 Å². The van der Waals surface area contributed by atoms with Crippen LogP contribution in [0.2, 0.25) is 0 Å². The van der Waals surface area contributed by atoms with Gasteiger partial charge in [0, 0.05) is 6.04 Å². The van der Waals surface area contributed by atoms with Crippen molar-refractivity contribution in [3.63, 3.8) is 0 Å². The summed E-state index contributed by atoms with van der Waals surface area (Å²) in [7, 11) is -3.65. The van der Waals surface area contributed by atoms with E-state index < -0.39 is 16.1 Å². The first-order valence-corrected chi connectivity index (χ1v) is 8.65. The van der Waals surface area contributed by atoms with Crippen molar-refractivity contribution in [3.8, 4) is 0 Å². The monoisotopic (exact) mass is 319 g/mol. The average molecular weight is 319 g/mol. The van der Waals surface area contributed by atoms with E-state index in [4.69, 9.17) is 0 Å². The van der Waals surface area contributed by atoms with E-state index in [0.29, 0.717) is 12.0 Å². The molecule has 0 radical (unpaired) electrons. The van der Waals surface area contributed by atoms with Crippen LogP contribution >= 0.6 is 0 Å². The molecule has 1 unspecified atom stereocenters. The molecule has 1 atom stereocenters. The minimum Gasteiger partial charge on any atom is -0.395 e. The summed E-state index contributed by atoms with van der Waals surface area (Å²) in [5.74, 6) is 0. The summed E-state index contributed by atoms with van der Waals surface area (Å²) < 4.78 is 27.7. The van der Waals surface area contributed by atoms with Crippen LogP contribution in [0.15, 0.2) is 53.4 Å². The van der Waals surface area contributed by atoms with Crippen LogP contribution < -0.4 is 4.72 Å². The number of aliphatic hydroxyl groups excluding tert-OH is 1. The number of aryl methyl sites for hydroxylation is 2. The molecule has 0 bridgehead atoms. The summed E-state index contributed by atoms with van der Waals surface area (Å²) in [6, 6.07) is 14.3. The zero-order valence-corrected chi connectivity index (χ0v) is 13.6. The molecule has 118 valence electrons. The Morgan fingerprint density at radius 2 is 1.77 bits per heavy atom. The van der Waals surface area contributed by atoms with Gasteiger partial charge < -0.3 is 5.11 Å². The van der Waals surface area contributed by atoms with Gasteiger partial charge in [-0.1, -0.05) is 42.5 Å². The second-order valence-corrected chi connectivity index (χ2v) is 7.14. The summed E-state index contributed by atoms with van der Waals surface area (Å²) in [5, 5.41) is 9.49. The lowest BCUT2D eigenvalue weighted by Gasteiger charge is -2.18. The highest BCUT2D eigenvalue weighted by atomic mass is 32.2. The number of hydrogen-bond donors (Lipinski definition) is 2. The standard InChI is InChI=1S/C17H21NO3S/c1-13-8-9-14(2)17(10-13)22(20,21)18-16(12-19)11-15-6-4-3-5-7-15/h3-10,16,18-19H,11-12H2,1-2H3. The van der Waals surface area contributed by atoms with Gasteiger partial charge in [0.2, 0.25) is 10.0 Å². The van der Waals surface area contributed by atoms with E-state index >= 15 is 0 Å². The molecule has 2 rings (SSSR count).